The number of thioether (sulfide) groups is 1. The molecular formula is C24H50N4O7SSi2. The molecule has 1 aromatic heterocycles. The molecule has 0 atom stereocenters. The van der Waals surface area contributed by atoms with Crippen LogP contribution in [-0.2, 0) is 33.0 Å². The second kappa shape index (κ2) is 20.1. The van der Waals surface area contributed by atoms with Crippen LogP contribution in [0.4, 0.5) is 4.79 Å². The first-order chi connectivity index (χ1) is 18.4. The zero-order chi connectivity index (χ0) is 28.3. The molecule has 0 aliphatic rings. The van der Waals surface area contributed by atoms with Gasteiger partial charge in [-0.25, -0.2) is 9.78 Å². The zero-order valence-corrected chi connectivity index (χ0v) is 27.3. The van der Waals surface area contributed by atoms with Gasteiger partial charge in [0.2, 0.25) is 5.16 Å². The first-order valence-corrected chi connectivity index (χ1v) is 18.9. The number of carbonyl (C=O) groups excluding carboxylic acids is 1. The third-order valence-corrected chi connectivity index (χ3v) is 12.5. The number of nitrogens with one attached hydrogen (secondary N) is 1. The van der Waals surface area contributed by atoms with Gasteiger partial charge in [0.15, 0.2) is 0 Å². The van der Waals surface area contributed by atoms with Crippen LogP contribution in [0.3, 0.4) is 0 Å². The number of nitrogens with zero attached hydrogens (tertiary/aromatic N) is 3. The van der Waals surface area contributed by atoms with Gasteiger partial charge in [0, 0.05) is 70.4 Å². The highest BCUT2D eigenvalue weighted by Crippen LogP contribution is 2.23. The Labute approximate surface area is 235 Å². The van der Waals surface area contributed by atoms with Gasteiger partial charge in [0.05, 0.1) is 0 Å². The Morgan fingerprint density at radius 3 is 1.71 bits per heavy atom. The molecule has 1 aromatic rings. The van der Waals surface area contributed by atoms with Crippen LogP contribution in [0, 0.1) is 0 Å². The Kier molecular flexibility index (Phi) is 18.6. The Hall–Kier alpha value is -0.846. The normalized spacial score (nSPS) is 12.3. The quantitative estimate of drug-likeness (QED) is 0.108. The number of aryl methyl sites for hydroxylation is 1. The molecule has 0 aromatic carbocycles. The van der Waals surface area contributed by atoms with E-state index in [0.717, 1.165) is 24.6 Å². The molecule has 222 valence electrons. The lowest BCUT2D eigenvalue weighted by Gasteiger charge is -2.28. The van der Waals surface area contributed by atoms with Crippen LogP contribution in [0.2, 0.25) is 12.1 Å². The maximum Gasteiger partial charge on any atom is 0.500 e. The number of carbonyl (C=O) groups is 1. The van der Waals surface area contributed by atoms with Crippen LogP contribution in [-0.4, -0.2) is 90.3 Å². The molecule has 0 spiro atoms. The van der Waals surface area contributed by atoms with Crippen molar-refractivity contribution in [1.82, 2.24) is 20.1 Å². The number of aromatic nitrogens is 3. The molecule has 0 aliphatic carbocycles. The van der Waals surface area contributed by atoms with E-state index in [9.17, 15) is 4.79 Å². The minimum Gasteiger partial charge on any atom is -0.374 e. The molecule has 11 nitrogen and oxygen atoms in total. The van der Waals surface area contributed by atoms with Gasteiger partial charge >= 0.3 is 23.6 Å². The predicted octanol–water partition coefficient (Wildman–Crippen LogP) is 4.76. The summed E-state index contributed by atoms with van der Waals surface area (Å²) in [5.74, 6) is 1.44. The van der Waals surface area contributed by atoms with Gasteiger partial charge in [0.25, 0.3) is 0 Å². The molecule has 0 unspecified atom stereocenters. The van der Waals surface area contributed by atoms with Crippen molar-refractivity contribution in [2.24, 2.45) is 0 Å². The highest BCUT2D eigenvalue weighted by Gasteiger charge is 2.40. The standard InChI is InChI=1S/C24H50N4O7SSi2/c1-8-17-22-26-23(36-19-16-21-38(33-12-5,34-13-6)35-14-7)27-28(22)24(29)25-18-15-20-37(30-9-2,31-10-3)32-11-4/h8-21H2,1-7H3,(H,25,29). The van der Waals surface area contributed by atoms with E-state index in [1.54, 1.807) is 0 Å². The number of rotatable bonds is 23. The first kappa shape index (κ1) is 35.2. The predicted molar refractivity (Wildman–Crippen MR) is 154 cm³/mol. The summed E-state index contributed by atoms with van der Waals surface area (Å²) in [6.45, 7) is 17.5. The van der Waals surface area contributed by atoms with Gasteiger partial charge in [0.1, 0.15) is 5.82 Å². The third-order valence-electron chi connectivity index (χ3n) is 5.30. The van der Waals surface area contributed by atoms with Crippen molar-refractivity contribution in [1.29, 1.82) is 0 Å². The topological polar surface area (TPSA) is 115 Å². The van der Waals surface area contributed by atoms with Crippen LogP contribution in [0.15, 0.2) is 5.16 Å². The summed E-state index contributed by atoms with van der Waals surface area (Å²) in [4.78, 5) is 17.6. The average molecular weight is 595 g/mol. The van der Waals surface area contributed by atoms with E-state index in [2.05, 4.69) is 22.3 Å². The van der Waals surface area contributed by atoms with Crippen molar-refractivity contribution in [3.8, 4) is 0 Å². The SMILES string of the molecule is CCCc1nc(SCCC[Si](OCC)(OCC)OCC)nn1C(=O)NCCC[Si](OCC)(OCC)OCC. The van der Waals surface area contributed by atoms with Crippen molar-refractivity contribution in [3.05, 3.63) is 5.82 Å². The molecule has 1 N–H and O–H groups in total. The Morgan fingerprint density at radius 1 is 0.789 bits per heavy atom. The highest BCUT2D eigenvalue weighted by molar-refractivity contribution is 7.99. The second-order valence-electron chi connectivity index (χ2n) is 8.22. The number of hydrogen-bond donors (Lipinski definition) is 1. The van der Waals surface area contributed by atoms with E-state index in [0.29, 0.717) is 76.1 Å². The molecule has 0 aliphatic heterocycles. The lowest BCUT2D eigenvalue weighted by Crippen LogP contribution is -2.46. The molecule has 1 rings (SSSR count). The summed E-state index contributed by atoms with van der Waals surface area (Å²) >= 11 is 1.53. The van der Waals surface area contributed by atoms with Gasteiger partial charge in [-0.1, -0.05) is 18.7 Å². The summed E-state index contributed by atoms with van der Waals surface area (Å²) in [6, 6.07) is 1.09. The van der Waals surface area contributed by atoms with E-state index in [1.807, 2.05) is 41.5 Å². The summed E-state index contributed by atoms with van der Waals surface area (Å²) in [7, 11) is -5.39. The second-order valence-corrected chi connectivity index (χ2v) is 14.8. The lowest BCUT2D eigenvalue weighted by atomic mass is 10.3. The monoisotopic (exact) mass is 594 g/mol. The average Bonchev–Trinajstić information content (AvgIpc) is 3.28. The maximum absolute atomic E-state index is 12.9. The fraction of sp³-hybridized carbons (Fsp3) is 0.875. The molecule has 0 saturated heterocycles. The van der Waals surface area contributed by atoms with E-state index in [-0.39, 0.29) is 6.03 Å². The van der Waals surface area contributed by atoms with Crippen molar-refractivity contribution >= 4 is 35.4 Å². The fourth-order valence-electron chi connectivity index (χ4n) is 3.96. The van der Waals surface area contributed by atoms with Crippen molar-refractivity contribution in [2.75, 3.05) is 51.9 Å². The van der Waals surface area contributed by atoms with Gasteiger partial charge in [-0.2, -0.15) is 4.68 Å². The number of hydrogen-bond acceptors (Lipinski definition) is 10. The van der Waals surface area contributed by atoms with Gasteiger partial charge < -0.3 is 31.9 Å². The van der Waals surface area contributed by atoms with Gasteiger partial charge in [-0.05, 0) is 60.8 Å². The van der Waals surface area contributed by atoms with E-state index >= 15 is 0 Å². The van der Waals surface area contributed by atoms with E-state index in [4.69, 9.17) is 26.6 Å². The molecule has 0 fully saturated rings. The summed E-state index contributed by atoms with van der Waals surface area (Å²) in [5, 5.41) is 8.05. The Balaban J connectivity index is 2.71. The lowest BCUT2D eigenvalue weighted by molar-refractivity contribution is 0.0702. The molecule has 0 bridgehead atoms. The zero-order valence-electron chi connectivity index (χ0n) is 24.5. The molecule has 0 saturated carbocycles. The van der Waals surface area contributed by atoms with Crippen molar-refractivity contribution in [2.45, 2.75) is 91.4 Å². The van der Waals surface area contributed by atoms with Crippen LogP contribution in [0.25, 0.3) is 0 Å². The molecule has 0 radical (unpaired) electrons. The van der Waals surface area contributed by atoms with E-state index < -0.39 is 17.6 Å². The molecule has 38 heavy (non-hydrogen) atoms. The van der Waals surface area contributed by atoms with Crippen LogP contribution in [0.1, 0.15) is 73.6 Å². The minimum absolute atomic E-state index is 0.278. The molecule has 14 heteroatoms. The Morgan fingerprint density at radius 2 is 1.26 bits per heavy atom. The molecule has 1 amide bonds. The molecular weight excluding hydrogens is 545 g/mol. The maximum atomic E-state index is 12.9. The van der Waals surface area contributed by atoms with Crippen molar-refractivity contribution < 1.29 is 31.4 Å². The summed E-state index contributed by atoms with van der Waals surface area (Å²) in [5.41, 5.74) is 0. The third kappa shape index (κ3) is 12.1. The fourth-order valence-corrected chi connectivity index (χ4v) is 10.2. The largest absolute Gasteiger partial charge is 0.500 e. The molecule has 1 heterocycles. The summed E-state index contributed by atoms with van der Waals surface area (Å²) in [6.07, 6.45) is 3.06. The highest BCUT2D eigenvalue weighted by atomic mass is 32.2. The number of amides is 1. The van der Waals surface area contributed by atoms with Crippen molar-refractivity contribution in [3.63, 3.8) is 0 Å². The van der Waals surface area contributed by atoms with Crippen LogP contribution < -0.4 is 5.32 Å². The van der Waals surface area contributed by atoms with Crippen LogP contribution >= 0.6 is 11.8 Å². The van der Waals surface area contributed by atoms with E-state index in [1.165, 1.54) is 16.4 Å². The first-order valence-electron chi connectivity index (χ1n) is 14.1. The minimum atomic E-state index is -2.73. The summed E-state index contributed by atoms with van der Waals surface area (Å²) < 4.78 is 36.9. The smallest absolute Gasteiger partial charge is 0.374 e. The van der Waals surface area contributed by atoms with Crippen LogP contribution in [0.5, 0.6) is 0 Å². The van der Waals surface area contributed by atoms with Gasteiger partial charge in [-0.15, -0.1) is 5.10 Å². The Bertz CT molecular complexity index is 742. The van der Waals surface area contributed by atoms with Gasteiger partial charge in [-0.3, -0.25) is 0 Å².